The number of benzene rings is 1. The molecule has 1 aliphatic heterocycles. The molecule has 1 fully saturated rings. The third kappa shape index (κ3) is 4.09. The number of carboxylic acids is 1. The smallest absolute Gasteiger partial charge is 0.332 e. The fraction of sp³-hybridized carbons (Fsp3) is 0.438. The zero-order valence-corrected chi connectivity index (χ0v) is 15.5. The van der Waals surface area contributed by atoms with Crippen molar-refractivity contribution in [1.82, 2.24) is 0 Å². The van der Waals surface area contributed by atoms with Crippen LogP contribution in [0, 0.1) is 5.82 Å². The molecule has 3 atom stereocenters. The fourth-order valence-corrected chi connectivity index (χ4v) is 4.92. The van der Waals surface area contributed by atoms with E-state index in [4.69, 9.17) is 26.2 Å². The summed E-state index contributed by atoms with van der Waals surface area (Å²) in [6, 6.07) is 3.12. The van der Waals surface area contributed by atoms with E-state index in [1.807, 2.05) is 0 Å². The van der Waals surface area contributed by atoms with Crippen LogP contribution in [-0.2, 0) is 24.3 Å². The number of nitrogens with one attached hydrogen (secondary N) is 1. The first-order valence-electron chi connectivity index (χ1n) is 8.01. The van der Waals surface area contributed by atoms with Crippen molar-refractivity contribution in [2.45, 2.75) is 30.0 Å². The highest BCUT2D eigenvalue weighted by Gasteiger charge is 2.48. The minimum Gasteiger partial charge on any atom is -0.478 e. The van der Waals surface area contributed by atoms with E-state index in [0.29, 0.717) is 0 Å². The van der Waals surface area contributed by atoms with Gasteiger partial charge in [0, 0.05) is 6.42 Å². The van der Waals surface area contributed by atoms with Crippen molar-refractivity contribution < 1.29 is 37.3 Å². The molecule has 0 radical (unpaired) electrons. The van der Waals surface area contributed by atoms with Crippen LogP contribution in [0.4, 0.5) is 10.1 Å². The molecule has 0 saturated carbocycles. The molecule has 0 amide bonds. The van der Waals surface area contributed by atoms with Gasteiger partial charge in [0.1, 0.15) is 17.2 Å². The predicted octanol–water partition coefficient (Wildman–Crippen LogP) is 1.50. The van der Waals surface area contributed by atoms with Gasteiger partial charge in [0.15, 0.2) is 5.79 Å². The SMILES string of the molecule is O=C(O)C1=CC2(CCC1S(=O)(=O)Nc1ccc(F)cc1Cl)OC[C@@H](CO)O2. The third-order valence-electron chi connectivity index (χ3n) is 4.37. The Kier molecular flexibility index (Phi) is 5.46. The number of sulfonamides is 1. The highest BCUT2D eigenvalue weighted by atomic mass is 35.5. The number of halogens is 2. The molecule has 11 heteroatoms. The quantitative estimate of drug-likeness (QED) is 0.658. The van der Waals surface area contributed by atoms with Gasteiger partial charge in [0.05, 0.1) is 29.5 Å². The number of aliphatic carboxylic acids is 1. The molecule has 0 bridgehead atoms. The van der Waals surface area contributed by atoms with Gasteiger partial charge in [0.2, 0.25) is 10.0 Å². The average Bonchev–Trinajstić information content (AvgIpc) is 2.99. The van der Waals surface area contributed by atoms with Crippen LogP contribution in [0.3, 0.4) is 0 Å². The molecule has 1 aromatic carbocycles. The maximum Gasteiger partial charge on any atom is 0.332 e. The second-order valence-electron chi connectivity index (χ2n) is 6.25. The Morgan fingerprint density at radius 3 is 2.78 bits per heavy atom. The molecule has 2 aliphatic rings. The molecular formula is C16H17ClFNO7S. The summed E-state index contributed by atoms with van der Waals surface area (Å²) >= 11 is 5.84. The summed E-state index contributed by atoms with van der Waals surface area (Å²) in [7, 11) is -4.20. The van der Waals surface area contributed by atoms with Crippen molar-refractivity contribution >= 4 is 33.3 Å². The molecule has 2 unspecified atom stereocenters. The van der Waals surface area contributed by atoms with Gasteiger partial charge in [-0.1, -0.05) is 11.6 Å². The first kappa shape index (κ1) is 20.0. The Labute approximate surface area is 159 Å². The molecule has 1 aromatic rings. The largest absolute Gasteiger partial charge is 0.478 e. The Bertz CT molecular complexity index is 891. The van der Waals surface area contributed by atoms with Crippen molar-refractivity contribution in [1.29, 1.82) is 0 Å². The standard InChI is InChI=1S/C16H17ClFNO7S/c17-12-5-9(18)1-2-13(12)19-27(23,24)14-3-4-16(6-11(14)15(21)22)25-8-10(7-20)26-16/h1-2,5-6,10,14,19-20H,3-4,7-8H2,(H,21,22)/t10-,14?,16?/m1/s1. The Balaban J connectivity index is 1.90. The van der Waals surface area contributed by atoms with Crippen molar-refractivity contribution in [3.05, 3.63) is 40.7 Å². The summed E-state index contributed by atoms with van der Waals surface area (Å²) in [4.78, 5) is 11.7. The lowest BCUT2D eigenvalue weighted by atomic mass is 9.94. The van der Waals surface area contributed by atoms with E-state index in [1.54, 1.807) is 0 Å². The van der Waals surface area contributed by atoms with Crippen LogP contribution >= 0.6 is 11.6 Å². The number of hydrogen-bond acceptors (Lipinski definition) is 6. The zero-order chi connectivity index (χ0) is 19.8. The molecule has 3 N–H and O–H groups in total. The topological polar surface area (TPSA) is 122 Å². The second-order valence-corrected chi connectivity index (χ2v) is 8.52. The van der Waals surface area contributed by atoms with Crippen molar-refractivity contribution in [3.8, 4) is 0 Å². The Hall–Kier alpha value is -1.72. The normalized spacial score (nSPS) is 28.2. The number of rotatable bonds is 5. The van der Waals surface area contributed by atoms with Crippen LogP contribution in [0.25, 0.3) is 0 Å². The molecule has 1 aliphatic carbocycles. The van der Waals surface area contributed by atoms with Gasteiger partial charge < -0.3 is 19.7 Å². The number of carbonyl (C=O) groups is 1. The Morgan fingerprint density at radius 1 is 1.44 bits per heavy atom. The first-order chi connectivity index (χ1) is 12.7. The summed E-state index contributed by atoms with van der Waals surface area (Å²) in [5.74, 6) is -3.45. The lowest BCUT2D eigenvalue weighted by molar-refractivity contribution is -0.146. The highest BCUT2D eigenvalue weighted by molar-refractivity contribution is 7.93. The lowest BCUT2D eigenvalue weighted by Crippen LogP contribution is -2.42. The van der Waals surface area contributed by atoms with E-state index < -0.39 is 44.5 Å². The van der Waals surface area contributed by atoms with E-state index >= 15 is 0 Å². The van der Waals surface area contributed by atoms with Gasteiger partial charge in [-0.05, 0) is 30.7 Å². The summed E-state index contributed by atoms with van der Waals surface area (Å²) < 4.78 is 51.9. The zero-order valence-electron chi connectivity index (χ0n) is 13.9. The minimum absolute atomic E-state index is 0.0585. The van der Waals surface area contributed by atoms with E-state index in [1.165, 1.54) is 0 Å². The molecule has 148 valence electrons. The summed E-state index contributed by atoms with van der Waals surface area (Å²) in [6.07, 6.45) is 0.513. The van der Waals surface area contributed by atoms with Crippen LogP contribution < -0.4 is 4.72 Å². The van der Waals surface area contributed by atoms with E-state index in [2.05, 4.69) is 4.72 Å². The van der Waals surface area contributed by atoms with Crippen LogP contribution in [0.5, 0.6) is 0 Å². The van der Waals surface area contributed by atoms with Gasteiger partial charge in [-0.25, -0.2) is 17.6 Å². The number of aliphatic hydroxyl groups excluding tert-OH is 1. The van der Waals surface area contributed by atoms with Crippen molar-refractivity contribution in [3.63, 3.8) is 0 Å². The Morgan fingerprint density at radius 2 is 2.19 bits per heavy atom. The van der Waals surface area contributed by atoms with E-state index in [0.717, 1.165) is 24.3 Å². The first-order valence-corrected chi connectivity index (χ1v) is 9.93. The van der Waals surface area contributed by atoms with Crippen LogP contribution in [-0.4, -0.2) is 55.0 Å². The fourth-order valence-electron chi connectivity index (χ4n) is 3.09. The molecule has 1 spiro atoms. The number of aliphatic hydroxyl groups is 1. The maximum absolute atomic E-state index is 13.1. The monoisotopic (exact) mass is 421 g/mol. The molecule has 1 heterocycles. The number of anilines is 1. The van der Waals surface area contributed by atoms with Gasteiger partial charge >= 0.3 is 5.97 Å². The third-order valence-corrected chi connectivity index (χ3v) is 6.42. The number of carboxylic acid groups (broad SMARTS) is 1. The summed E-state index contributed by atoms with van der Waals surface area (Å²) in [5.41, 5.74) is -0.470. The van der Waals surface area contributed by atoms with Crippen molar-refractivity contribution in [2.75, 3.05) is 17.9 Å². The molecule has 3 rings (SSSR count). The highest BCUT2D eigenvalue weighted by Crippen LogP contribution is 2.39. The predicted molar refractivity (Wildman–Crippen MR) is 93.3 cm³/mol. The molecular weight excluding hydrogens is 405 g/mol. The second kappa shape index (κ2) is 7.36. The van der Waals surface area contributed by atoms with Crippen molar-refractivity contribution in [2.24, 2.45) is 0 Å². The van der Waals surface area contributed by atoms with Crippen LogP contribution in [0.1, 0.15) is 12.8 Å². The van der Waals surface area contributed by atoms with Crippen LogP contribution in [0.15, 0.2) is 29.8 Å². The molecule has 0 aromatic heterocycles. The average molecular weight is 422 g/mol. The van der Waals surface area contributed by atoms with Gasteiger partial charge in [-0.3, -0.25) is 4.72 Å². The molecule has 8 nitrogen and oxygen atoms in total. The van der Waals surface area contributed by atoms with E-state index in [9.17, 15) is 22.7 Å². The van der Waals surface area contributed by atoms with Gasteiger partial charge in [0.25, 0.3) is 0 Å². The number of ether oxygens (including phenoxy) is 2. The lowest BCUT2D eigenvalue weighted by Gasteiger charge is -2.33. The summed E-state index contributed by atoms with van der Waals surface area (Å²) in [5, 5.41) is 17.1. The molecule has 1 saturated heterocycles. The van der Waals surface area contributed by atoms with Gasteiger partial charge in [-0.15, -0.1) is 0 Å². The maximum atomic E-state index is 13.1. The summed E-state index contributed by atoms with van der Waals surface area (Å²) in [6.45, 7) is -0.231. The van der Waals surface area contributed by atoms with E-state index in [-0.39, 0.29) is 36.8 Å². The van der Waals surface area contributed by atoms with Crippen LogP contribution in [0.2, 0.25) is 5.02 Å². The molecule has 27 heavy (non-hydrogen) atoms. The minimum atomic E-state index is -4.20. The van der Waals surface area contributed by atoms with Gasteiger partial charge in [-0.2, -0.15) is 0 Å². The number of hydrogen-bond donors (Lipinski definition) is 3.